The molecule has 0 unspecified atom stereocenters. The van der Waals surface area contributed by atoms with E-state index < -0.39 is 0 Å². The van der Waals surface area contributed by atoms with Gasteiger partial charge in [0.15, 0.2) is 0 Å². The van der Waals surface area contributed by atoms with Crippen LogP contribution in [0.25, 0.3) is 22.2 Å². The highest BCUT2D eigenvalue weighted by atomic mass is 19.1. The van der Waals surface area contributed by atoms with Crippen molar-refractivity contribution < 1.29 is 4.39 Å². The number of hydrogen-bond donors (Lipinski definition) is 0. The van der Waals surface area contributed by atoms with E-state index in [-0.39, 0.29) is 5.82 Å². The van der Waals surface area contributed by atoms with Crippen molar-refractivity contribution >= 4 is 10.9 Å². The van der Waals surface area contributed by atoms with Crippen LogP contribution in [0.4, 0.5) is 4.39 Å². The van der Waals surface area contributed by atoms with Crippen LogP contribution in [0.1, 0.15) is 22.5 Å². The first kappa shape index (κ1) is 16.9. The van der Waals surface area contributed by atoms with Crippen LogP contribution in [-0.2, 0) is 6.54 Å². The number of nitrogens with zero attached hydrogens (tertiary/aromatic N) is 4. The maximum atomic E-state index is 13.6. The largest absolute Gasteiger partial charge is 0.264 e. The number of halogens is 1. The van der Waals surface area contributed by atoms with Crippen LogP contribution in [0, 0.1) is 31.0 Å². The van der Waals surface area contributed by atoms with Gasteiger partial charge in [-0.1, -0.05) is 24.3 Å². The Bertz CT molecular complexity index is 1200. The molecule has 0 bridgehead atoms. The average Bonchev–Trinajstić information content (AvgIpc) is 2.95. The van der Waals surface area contributed by atoms with Crippen molar-refractivity contribution in [2.24, 2.45) is 0 Å². The van der Waals surface area contributed by atoms with Crippen LogP contribution in [0.3, 0.4) is 0 Å². The predicted molar refractivity (Wildman–Crippen MR) is 103 cm³/mol. The Morgan fingerprint density at radius 2 is 1.85 bits per heavy atom. The maximum Gasteiger partial charge on any atom is 0.125 e. The first-order chi connectivity index (χ1) is 13.1. The predicted octanol–water partition coefficient (Wildman–Crippen LogP) is 4.77. The van der Waals surface area contributed by atoms with Gasteiger partial charge in [-0.3, -0.25) is 4.68 Å². The van der Waals surface area contributed by atoms with E-state index in [0.717, 1.165) is 33.6 Å². The molecule has 0 amide bonds. The molecule has 4 aromatic rings. The van der Waals surface area contributed by atoms with Gasteiger partial charge in [-0.05, 0) is 43.7 Å². The number of fused-ring (bicyclic) bond motifs is 1. The SMILES string of the molecule is Cc1nn(Cc2ccccc2C#N)c(C)c1-c1ccc2ccc(F)cc2n1. The van der Waals surface area contributed by atoms with Crippen LogP contribution >= 0.6 is 0 Å². The van der Waals surface area contributed by atoms with Crippen molar-refractivity contribution in [2.75, 3.05) is 0 Å². The second-order valence-electron chi connectivity index (χ2n) is 6.51. The number of nitriles is 1. The fourth-order valence-corrected chi connectivity index (χ4v) is 3.38. The summed E-state index contributed by atoms with van der Waals surface area (Å²) in [6, 6.07) is 18.2. The lowest BCUT2D eigenvalue weighted by Crippen LogP contribution is -2.05. The third kappa shape index (κ3) is 3.06. The highest BCUT2D eigenvalue weighted by Gasteiger charge is 2.16. The second-order valence-corrected chi connectivity index (χ2v) is 6.51. The van der Waals surface area contributed by atoms with Crippen LogP contribution < -0.4 is 0 Å². The molecule has 4 nitrogen and oxygen atoms in total. The quantitative estimate of drug-likeness (QED) is 0.531. The van der Waals surface area contributed by atoms with Crippen molar-refractivity contribution in [1.29, 1.82) is 5.26 Å². The van der Waals surface area contributed by atoms with Gasteiger partial charge in [0, 0.05) is 22.7 Å². The molecule has 27 heavy (non-hydrogen) atoms. The molecular weight excluding hydrogens is 339 g/mol. The zero-order chi connectivity index (χ0) is 19.0. The molecule has 0 fully saturated rings. The molecule has 0 saturated carbocycles. The van der Waals surface area contributed by atoms with Gasteiger partial charge in [-0.25, -0.2) is 9.37 Å². The Morgan fingerprint density at radius 1 is 1.07 bits per heavy atom. The third-order valence-electron chi connectivity index (χ3n) is 4.75. The normalized spacial score (nSPS) is 10.9. The molecule has 2 heterocycles. The van der Waals surface area contributed by atoms with E-state index in [4.69, 9.17) is 0 Å². The monoisotopic (exact) mass is 356 g/mol. The fraction of sp³-hybridized carbons (Fsp3) is 0.136. The minimum atomic E-state index is -0.301. The lowest BCUT2D eigenvalue weighted by Gasteiger charge is -2.08. The summed E-state index contributed by atoms with van der Waals surface area (Å²) in [6.45, 7) is 4.44. The molecule has 0 aliphatic carbocycles. The lowest BCUT2D eigenvalue weighted by molar-refractivity contribution is 0.629. The van der Waals surface area contributed by atoms with E-state index >= 15 is 0 Å². The molecule has 5 heteroatoms. The first-order valence-electron chi connectivity index (χ1n) is 8.65. The molecule has 0 atom stereocenters. The number of benzene rings is 2. The number of pyridine rings is 1. The molecule has 0 aliphatic heterocycles. The smallest absolute Gasteiger partial charge is 0.125 e. The van der Waals surface area contributed by atoms with Crippen LogP contribution in [0.15, 0.2) is 54.6 Å². The Hall–Kier alpha value is -3.52. The van der Waals surface area contributed by atoms with Gasteiger partial charge in [0.1, 0.15) is 5.82 Å². The molecule has 2 aromatic carbocycles. The minimum absolute atomic E-state index is 0.301. The van der Waals surface area contributed by atoms with Gasteiger partial charge in [0.05, 0.1) is 35.1 Å². The van der Waals surface area contributed by atoms with Crippen molar-refractivity contribution in [3.63, 3.8) is 0 Å². The minimum Gasteiger partial charge on any atom is -0.264 e. The third-order valence-corrected chi connectivity index (χ3v) is 4.75. The van der Waals surface area contributed by atoms with Crippen molar-refractivity contribution in [2.45, 2.75) is 20.4 Å². The molecular formula is C22H17FN4. The van der Waals surface area contributed by atoms with Crippen molar-refractivity contribution in [3.05, 3.63) is 82.9 Å². The molecule has 2 aromatic heterocycles. The van der Waals surface area contributed by atoms with Gasteiger partial charge in [-0.15, -0.1) is 0 Å². The van der Waals surface area contributed by atoms with Crippen molar-refractivity contribution in [3.8, 4) is 17.3 Å². The van der Waals surface area contributed by atoms with Gasteiger partial charge in [0.2, 0.25) is 0 Å². The molecule has 0 spiro atoms. The molecule has 0 saturated heterocycles. The second kappa shape index (κ2) is 6.65. The summed E-state index contributed by atoms with van der Waals surface area (Å²) in [7, 11) is 0. The van der Waals surface area contributed by atoms with E-state index in [1.807, 2.05) is 48.9 Å². The van der Waals surface area contributed by atoms with Gasteiger partial charge < -0.3 is 0 Å². The molecule has 132 valence electrons. The summed E-state index contributed by atoms with van der Waals surface area (Å²) in [5, 5.41) is 14.8. The van der Waals surface area contributed by atoms with Crippen molar-refractivity contribution in [1.82, 2.24) is 14.8 Å². The summed E-state index contributed by atoms with van der Waals surface area (Å²) < 4.78 is 15.5. The zero-order valence-corrected chi connectivity index (χ0v) is 15.1. The summed E-state index contributed by atoms with van der Waals surface area (Å²) in [5.41, 5.74) is 5.71. The summed E-state index contributed by atoms with van der Waals surface area (Å²) in [6.07, 6.45) is 0. The molecule has 4 rings (SSSR count). The van der Waals surface area contributed by atoms with Gasteiger partial charge in [-0.2, -0.15) is 10.4 Å². The molecule has 0 aliphatic rings. The number of rotatable bonds is 3. The molecule has 0 radical (unpaired) electrons. The highest BCUT2D eigenvalue weighted by molar-refractivity contribution is 5.82. The van der Waals surface area contributed by atoms with Gasteiger partial charge in [0.25, 0.3) is 0 Å². The summed E-state index contributed by atoms with van der Waals surface area (Å²) in [4.78, 5) is 4.64. The first-order valence-corrected chi connectivity index (χ1v) is 8.65. The number of hydrogen-bond acceptors (Lipinski definition) is 3. The van der Waals surface area contributed by atoms with E-state index in [9.17, 15) is 9.65 Å². The van der Waals surface area contributed by atoms with Crippen LogP contribution in [0.5, 0.6) is 0 Å². The fourth-order valence-electron chi connectivity index (χ4n) is 3.38. The average molecular weight is 356 g/mol. The summed E-state index contributed by atoms with van der Waals surface area (Å²) in [5.74, 6) is -0.301. The summed E-state index contributed by atoms with van der Waals surface area (Å²) >= 11 is 0. The Labute approximate surface area is 156 Å². The molecule has 0 N–H and O–H groups in total. The number of aromatic nitrogens is 3. The maximum absolute atomic E-state index is 13.6. The Morgan fingerprint density at radius 3 is 2.67 bits per heavy atom. The standard InChI is InChI=1S/C22H17FN4/c1-14-22(20-10-8-16-7-9-19(23)11-21(16)25-20)15(2)27(26-14)13-18-6-4-3-5-17(18)12-24/h3-11H,13H2,1-2H3. The van der Waals surface area contributed by atoms with Gasteiger partial charge >= 0.3 is 0 Å². The van der Waals surface area contributed by atoms with Crippen LogP contribution in [-0.4, -0.2) is 14.8 Å². The van der Waals surface area contributed by atoms with Crippen LogP contribution in [0.2, 0.25) is 0 Å². The topological polar surface area (TPSA) is 54.5 Å². The van der Waals surface area contributed by atoms with E-state index in [2.05, 4.69) is 16.2 Å². The zero-order valence-electron chi connectivity index (χ0n) is 15.1. The Balaban J connectivity index is 1.78. The lowest BCUT2D eigenvalue weighted by atomic mass is 10.1. The number of aryl methyl sites for hydroxylation is 1. The van der Waals surface area contributed by atoms with E-state index in [0.29, 0.717) is 17.6 Å². The Kier molecular flexibility index (Phi) is 4.17. The van der Waals surface area contributed by atoms with E-state index in [1.165, 1.54) is 12.1 Å². The highest BCUT2D eigenvalue weighted by Crippen LogP contribution is 2.28. The van der Waals surface area contributed by atoms with E-state index in [1.54, 1.807) is 12.1 Å².